The Labute approximate surface area is 182 Å². The molecule has 0 aliphatic carbocycles. The minimum Gasteiger partial charge on any atom is -0.475 e. The molecule has 0 radical (unpaired) electrons. The first-order chi connectivity index (χ1) is 14.7. The van der Waals surface area contributed by atoms with Crippen molar-refractivity contribution in [2.45, 2.75) is 43.9 Å². The van der Waals surface area contributed by atoms with Gasteiger partial charge in [-0.2, -0.15) is 24.5 Å². The third-order valence-electron chi connectivity index (χ3n) is 5.83. The van der Waals surface area contributed by atoms with Crippen molar-refractivity contribution in [1.29, 1.82) is 0 Å². The van der Waals surface area contributed by atoms with Crippen molar-refractivity contribution in [2.24, 2.45) is 0 Å². The van der Waals surface area contributed by atoms with Gasteiger partial charge < -0.3 is 10.0 Å². The Balaban J connectivity index is 0.000000339. The van der Waals surface area contributed by atoms with Crippen molar-refractivity contribution in [3.05, 3.63) is 52.5 Å². The van der Waals surface area contributed by atoms with Crippen molar-refractivity contribution >= 4 is 23.2 Å². The third-order valence-corrected chi connectivity index (χ3v) is 6.51. The van der Waals surface area contributed by atoms with Gasteiger partial charge in [-0.05, 0) is 55.3 Å². The van der Waals surface area contributed by atoms with Gasteiger partial charge in [0.2, 0.25) is 0 Å². The Bertz CT molecular complexity index is 867. The van der Waals surface area contributed by atoms with Crippen molar-refractivity contribution in [3.8, 4) is 0 Å². The Hall–Kier alpha value is -2.46. The third kappa shape index (κ3) is 5.82. The van der Waals surface area contributed by atoms with E-state index in [1.165, 1.54) is 18.4 Å². The molecule has 4 heterocycles. The van der Waals surface area contributed by atoms with Crippen molar-refractivity contribution in [1.82, 2.24) is 14.8 Å². The standard InChI is InChI=1S/C19H23N3OS.C2HF3O2/c23-18(17-4-12-24-15-17)21-10-6-19(7-11-21)5-2-9-22(19)14-16-3-1-8-20-13-16;3-2(4,5)1(6)7/h1,3-4,8,12-13,15H,2,5-7,9-11,14H2;(H,6,7). The van der Waals surface area contributed by atoms with Crippen LogP contribution >= 0.6 is 11.3 Å². The average molecular weight is 456 g/mol. The van der Waals surface area contributed by atoms with Crippen LogP contribution in [0.4, 0.5) is 13.2 Å². The molecule has 0 saturated carbocycles. The molecule has 31 heavy (non-hydrogen) atoms. The lowest BCUT2D eigenvalue weighted by Crippen LogP contribution is -2.52. The second-order valence-corrected chi connectivity index (χ2v) is 8.50. The van der Waals surface area contributed by atoms with Crippen LogP contribution in [0.5, 0.6) is 0 Å². The fourth-order valence-electron chi connectivity index (χ4n) is 4.21. The number of carboxylic acid groups (broad SMARTS) is 1. The number of nitrogens with zero attached hydrogens (tertiary/aromatic N) is 3. The number of aromatic nitrogens is 1. The topological polar surface area (TPSA) is 73.7 Å². The van der Waals surface area contributed by atoms with Crippen LogP contribution < -0.4 is 0 Å². The van der Waals surface area contributed by atoms with Crippen LogP contribution in [0, 0.1) is 0 Å². The molecule has 1 amide bonds. The number of hydrogen-bond acceptors (Lipinski definition) is 5. The van der Waals surface area contributed by atoms with E-state index in [9.17, 15) is 18.0 Å². The minimum atomic E-state index is -5.08. The fourth-order valence-corrected chi connectivity index (χ4v) is 4.84. The maximum absolute atomic E-state index is 12.5. The predicted octanol–water partition coefficient (Wildman–Crippen LogP) is 4.05. The lowest BCUT2D eigenvalue weighted by Gasteiger charge is -2.45. The fraction of sp³-hybridized carbons (Fsp3) is 0.476. The van der Waals surface area contributed by atoms with Crippen LogP contribution in [-0.4, -0.2) is 63.1 Å². The maximum Gasteiger partial charge on any atom is 0.490 e. The Morgan fingerprint density at radius 1 is 1.16 bits per heavy atom. The summed E-state index contributed by atoms with van der Waals surface area (Å²) in [5, 5.41) is 11.1. The summed E-state index contributed by atoms with van der Waals surface area (Å²) in [5.41, 5.74) is 2.41. The number of rotatable bonds is 3. The van der Waals surface area contributed by atoms with Gasteiger partial charge in [0.05, 0.1) is 5.56 Å². The molecule has 2 saturated heterocycles. The number of halogens is 3. The number of aliphatic carboxylic acids is 1. The normalized spacial score (nSPS) is 18.5. The van der Waals surface area contributed by atoms with E-state index in [1.54, 1.807) is 11.3 Å². The zero-order valence-electron chi connectivity index (χ0n) is 16.8. The molecule has 6 nitrogen and oxygen atoms in total. The maximum atomic E-state index is 12.5. The molecule has 0 bridgehead atoms. The SMILES string of the molecule is O=C(O)C(F)(F)F.O=C(c1ccsc1)N1CCC2(CCCN2Cc2cccnc2)CC1. The van der Waals surface area contributed by atoms with Crippen LogP contribution in [0.3, 0.4) is 0 Å². The molecule has 1 spiro atoms. The lowest BCUT2D eigenvalue weighted by atomic mass is 9.84. The molecule has 4 rings (SSSR count). The zero-order chi connectivity index (χ0) is 22.5. The summed E-state index contributed by atoms with van der Waals surface area (Å²) in [7, 11) is 0. The van der Waals surface area contributed by atoms with E-state index in [0.29, 0.717) is 0 Å². The number of pyridine rings is 1. The second-order valence-electron chi connectivity index (χ2n) is 7.72. The van der Waals surface area contributed by atoms with Crippen LogP contribution in [0.2, 0.25) is 0 Å². The van der Waals surface area contributed by atoms with Gasteiger partial charge in [-0.3, -0.25) is 14.7 Å². The van der Waals surface area contributed by atoms with Crippen LogP contribution in [0.15, 0.2) is 41.4 Å². The molecule has 2 aromatic rings. The van der Waals surface area contributed by atoms with E-state index in [2.05, 4.69) is 16.0 Å². The summed E-state index contributed by atoms with van der Waals surface area (Å²) >= 11 is 1.59. The Morgan fingerprint density at radius 2 is 1.87 bits per heavy atom. The number of piperidine rings is 1. The van der Waals surface area contributed by atoms with Gasteiger partial charge in [-0.15, -0.1) is 0 Å². The number of amides is 1. The average Bonchev–Trinajstić information content (AvgIpc) is 3.40. The molecule has 1 N–H and O–H groups in total. The molecule has 2 aliphatic heterocycles. The smallest absolute Gasteiger partial charge is 0.475 e. The first-order valence-corrected chi connectivity index (χ1v) is 10.9. The highest BCUT2D eigenvalue weighted by Gasteiger charge is 2.43. The number of thiophene rings is 1. The van der Waals surface area contributed by atoms with Gasteiger partial charge in [0, 0.05) is 42.9 Å². The van der Waals surface area contributed by atoms with E-state index in [4.69, 9.17) is 9.90 Å². The number of likely N-dealkylation sites (tertiary alicyclic amines) is 2. The largest absolute Gasteiger partial charge is 0.490 e. The van der Waals surface area contributed by atoms with Gasteiger partial charge in [0.25, 0.3) is 5.91 Å². The Morgan fingerprint density at radius 3 is 2.42 bits per heavy atom. The van der Waals surface area contributed by atoms with Gasteiger partial charge in [0.1, 0.15) is 0 Å². The van der Waals surface area contributed by atoms with Crippen LogP contribution in [0.1, 0.15) is 41.6 Å². The number of carbonyl (C=O) groups is 2. The summed E-state index contributed by atoms with van der Waals surface area (Å²) < 4.78 is 31.7. The number of hydrogen-bond donors (Lipinski definition) is 1. The quantitative estimate of drug-likeness (QED) is 0.756. The predicted molar refractivity (Wildman–Crippen MR) is 110 cm³/mol. The molecular formula is C21H24F3N3O3S. The van der Waals surface area contributed by atoms with Gasteiger partial charge in [-0.1, -0.05) is 6.07 Å². The summed E-state index contributed by atoms with van der Waals surface area (Å²) in [6.45, 7) is 3.89. The van der Waals surface area contributed by atoms with E-state index >= 15 is 0 Å². The van der Waals surface area contributed by atoms with Crippen molar-refractivity contribution < 1.29 is 27.9 Å². The molecule has 10 heteroatoms. The molecule has 2 aromatic heterocycles. The number of alkyl halides is 3. The van der Waals surface area contributed by atoms with E-state index in [1.807, 2.05) is 40.2 Å². The molecule has 2 fully saturated rings. The summed E-state index contributed by atoms with van der Waals surface area (Å²) in [4.78, 5) is 30.4. The molecule has 0 aromatic carbocycles. The van der Waals surface area contributed by atoms with Gasteiger partial charge in [-0.25, -0.2) is 4.79 Å². The lowest BCUT2D eigenvalue weighted by molar-refractivity contribution is -0.192. The molecule has 2 aliphatic rings. The number of carboxylic acids is 1. The van der Waals surface area contributed by atoms with E-state index in [0.717, 1.165) is 44.6 Å². The second kappa shape index (κ2) is 9.78. The first kappa shape index (κ1) is 23.2. The van der Waals surface area contributed by atoms with E-state index < -0.39 is 12.1 Å². The van der Waals surface area contributed by atoms with E-state index in [-0.39, 0.29) is 11.4 Å². The van der Waals surface area contributed by atoms with Crippen LogP contribution in [-0.2, 0) is 11.3 Å². The van der Waals surface area contributed by atoms with Crippen LogP contribution in [0.25, 0.3) is 0 Å². The Kier molecular flexibility index (Phi) is 7.32. The highest BCUT2D eigenvalue weighted by atomic mass is 32.1. The van der Waals surface area contributed by atoms with Crippen molar-refractivity contribution in [3.63, 3.8) is 0 Å². The van der Waals surface area contributed by atoms with Gasteiger partial charge in [0.15, 0.2) is 0 Å². The monoisotopic (exact) mass is 455 g/mol. The first-order valence-electron chi connectivity index (χ1n) is 9.97. The van der Waals surface area contributed by atoms with Gasteiger partial charge >= 0.3 is 12.1 Å². The van der Waals surface area contributed by atoms with Crippen molar-refractivity contribution in [2.75, 3.05) is 19.6 Å². The highest BCUT2D eigenvalue weighted by molar-refractivity contribution is 7.08. The molecular weight excluding hydrogens is 431 g/mol. The summed E-state index contributed by atoms with van der Waals surface area (Å²) in [6.07, 6.45) is 3.41. The minimum absolute atomic E-state index is 0.197. The highest BCUT2D eigenvalue weighted by Crippen LogP contribution is 2.39. The molecule has 0 atom stereocenters. The zero-order valence-corrected chi connectivity index (χ0v) is 17.7. The summed E-state index contributed by atoms with van der Waals surface area (Å²) in [5.74, 6) is -2.56. The molecule has 0 unspecified atom stereocenters. The molecule has 168 valence electrons. The summed E-state index contributed by atoms with van der Waals surface area (Å²) in [6, 6.07) is 6.11. The number of carbonyl (C=O) groups excluding carboxylic acids is 1.